The van der Waals surface area contributed by atoms with Gasteiger partial charge in [-0.1, -0.05) is 30.3 Å². The van der Waals surface area contributed by atoms with Crippen molar-refractivity contribution in [2.45, 2.75) is 41.7 Å². The molecule has 0 saturated carbocycles. The van der Waals surface area contributed by atoms with E-state index in [-0.39, 0.29) is 0 Å². The molecule has 0 heterocycles. The van der Waals surface area contributed by atoms with E-state index in [1.165, 1.54) is 0 Å². The normalized spacial score (nSPS) is 11.7. The van der Waals surface area contributed by atoms with Gasteiger partial charge >= 0.3 is 0 Å². The highest BCUT2D eigenvalue weighted by atomic mass is 32.1. The van der Waals surface area contributed by atoms with E-state index in [1.54, 1.807) is 0 Å². The number of hydrogen-bond acceptors (Lipinski definition) is 6. The molecule has 0 radical (unpaired) electrons. The Kier molecular flexibility index (Phi) is 6.32. The van der Waals surface area contributed by atoms with Crippen molar-refractivity contribution in [3.8, 4) is 0 Å². The zero-order valence-electron chi connectivity index (χ0n) is 13.9. The molecule has 0 fully saturated rings. The van der Waals surface area contributed by atoms with Crippen LogP contribution in [0.1, 0.15) is 23.6 Å². The summed E-state index contributed by atoms with van der Waals surface area (Å²) in [4.78, 5) is 4.71. The van der Waals surface area contributed by atoms with Gasteiger partial charge in [0, 0.05) is 34.8 Å². The van der Waals surface area contributed by atoms with Gasteiger partial charge in [0.05, 0.1) is 0 Å². The van der Waals surface area contributed by atoms with Crippen LogP contribution in [0.25, 0.3) is 0 Å². The molecule has 0 bridgehead atoms. The molecule has 6 heteroatoms. The van der Waals surface area contributed by atoms with E-state index in [0.717, 1.165) is 46.1 Å². The summed E-state index contributed by atoms with van der Waals surface area (Å²) in [5.74, 6) is 0. The molecule has 0 aliphatic heterocycles. The van der Waals surface area contributed by atoms with E-state index >= 15 is 0 Å². The van der Waals surface area contributed by atoms with Crippen molar-refractivity contribution in [2.24, 2.45) is 0 Å². The van der Waals surface area contributed by atoms with E-state index in [1.807, 2.05) is 42.5 Å². The third-order valence-corrected chi connectivity index (χ3v) is 7.73. The summed E-state index contributed by atoms with van der Waals surface area (Å²) in [6.07, 6.45) is 0. The molecule has 0 unspecified atom stereocenters. The highest BCUT2D eigenvalue weighted by Crippen LogP contribution is 2.44. The lowest BCUT2D eigenvalue weighted by Gasteiger charge is -2.33. The summed E-state index contributed by atoms with van der Waals surface area (Å²) in [6, 6.07) is 18.5. The predicted octanol–water partition coefficient (Wildman–Crippen LogP) is 6.77. The summed E-state index contributed by atoms with van der Waals surface area (Å²) in [7, 11) is 0. The highest BCUT2D eigenvalue weighted by Gasteiger charge is 2.32. The standard InChI is InChI=1S/C20H18S6/c1-20(11-5-3-2-4-6-11,12-7-14(21)18(25)15(22)8-12)13-9-16(23)19(26)17(24)10-13/h2-10,21-26H,1H3. The van der Waals surface area contributed by atoms with Crippen molar-refractivity contribution < 1.29 is 0 Å². The Balaban J connectivity index is 2.35. The average molecular weight is 451 g/mol. The van der Waals surface area contributed by atoms with E-state index in [2.05, 4.69) is 94.8 Å². The Morgan fingerprint density at radius 2 is 0.885 bits per heavy atom. The van der Waals surface area contributed by atoms with Crippen LogP contribution in [-0.2, 0) is 5.41 Å². The molecule has 0 N–H and O–H groups in total. The lowest BCUT2D eigenvalue weighted by Crippen LogP contribution is -2.25. The van der Waals surface area contributed by atoms with Crippen molar-refractivity contribution in [1.82, 2.24) is 0 Å². The van der Waals surface area contributed by atoms with E-state index in [0.29, 0.717) is 0 Å². The number of thiol groups is 6. The first-order valence-electron chi connectivity index (χ1n) is 7.81. The third-order valence-electron chi connectivity index (χ3n) is 4.65. The van der Waals surface area contributed by atoms with Gasteiger partial charge in [-0.05, 0) is 47.9 Å². The maximum absolute atomic E-state index is 4.58. The fourth-order valence-electron chi connectivity index (χ4n) is 3.06. The van der Waals surface area contributed by atoms with Crippen LogP contribution in [-0.4, -0.2) is 0 Å². The Hall–Kier alpha value is -0.240. The summed E-state index contributed by atoms with van der Waals surface area (Å²) in [6.45, 7) is 2.18. The van der Waals surface area contributed by atoms with Crippen molar-refractivity contribution in [1.29, 1.82) is 0 Å². The minimum Gasteiger partial charge on any atom is -0.142 e. The Morgan fingerprint density at radius 1 is 0.538 bits per heavy atom. The van der Waals surface area contributed by atoms with Gasteiger partial charge in [-0.2, -0.15) is 0 Å². The first-order chi connectivity index (χ1) is 12.2. The van der Waals surface area contributed by atoms with Crippen LogP contribution in [0.3, 0.4) is 0 Å². The van der Waals surface area contributed by atoms with Crippen LogP contribution in [0.5, 0.6) is 0 Å². The molecule has 0 aliphatic carbocycles. The molecule has 0 aliphatic rings. The molecule has 134 valence electrons. The van der Waals surface area contributed by atoms with Gasteiger partial charge in [0.15, 0.2) is 0 Å². The zero-order chi connectivity index (χ0) is 19.1. The van der Waals surface area contributed by atoms with Gasteiger partial charge in [-0.25, -0.2) is 0 Å². The summed E-state index contributed by atoms with van der Waals surface area (Å²) < 4.78 is 0. The molecule has 3 aromatic rings. The minimum absolute atomic E-state index is 0.436. The average Bonchev–Trinajstić information content (AvgIpc) is 2.63. The predicted molar refractivity (Wildman–Crippen MR) is 128 cm³/mol. The minimum atomic E-state index is -0.436. The SMILES string of the molecule is CC(c1ccccc1)(c1cc(S)c(S)c(S)c1)c1cc(S)c(S)c(S)c1. The summed E-state index contributed by atoms with van der Waals surface area (Å²) in [5.41, 5.74) is 2.86. The molecule has 0 aromatic heterocycles. The van der Waals surface area contributed by atoms with Crippen LogP contribution in [0.2, 0.25) is 0 Å². The van der Waals surface area contributed by atoms with Crippen molar-refractivity contribution in [3.05, 3.63) is 71.3 Å². The molecular weight excluding hydrogens is 433 g/mol. The van der Waals surface area contributed by atoms with E-state index in [9.17, 15) is 0 Å². The van der Waals surface area contributed by atoms with Gasteiger partial charge in [0.2, 0.25) is 0 Å². The lowest BCUT2D eigenvalue weighted by atomic mass is 9.71. The van der Waals surface area contributed by atoms with Crippen LogP contribution in [0.15, 0.2) is 84.0 Å². The number of rotatable bonds is 3. The van der Waals surface area contributed by atoms with Crippen LogP contribution in [0.4, 0.5) is 0 Å². The van der Waals surface area contributed by atoms with Crippen LogP contribution < -0.4 is 0 Å². The van der Waals surface area contributed by atoms with Crippen LogP contribution >= 0.6 is 75.8 Å². The van der Waals surface area contributed by atoms with E-state index < -0.39 is 5.41 Å². The zero-order valence-corrected chi connectivity index (χ0v) is 19.2. The summed E-state index contributed by atoms with van der Waals surface area (Å²) in [5, 5.41) is 0. The lowest BCUT2D eigenvalue weighted by molar-refractivity contribution is 0.678. The molecule has 26 heavy (non-hydrogen) atoms. The molecule has 0 amide bonds. The smallest absolute Gasteiger partial charge is 0.0424 e. The van der Waals surface area contributed by atoms with Gasteiger partial charge in [0.25, 0.3) is 0 Å². The Labute approximate surface area is 187 Å². The van der Waals surface area contributed by atoms with Gasteiger partial charge < -0.3 is 0 Å². The van der Waals surface area contributed by atoms with Crippen molar-refractivity contribution >= 4 is 75.8 Å². The van der Waals surface area contributed by atoms with Crippen molar-refractivity contribution in [2.75, 3.05) is 0 Å². The molecular formula is C20H18S6. The molecule has 0 saturated heterocycles. The molecule has 0 nitrogen and oxygen atoms in total. The molecule has 0 atom stereocenters. The maximum atomic E-state index is 4.58. The number of hydrogen-bond donors (Lipinski definition) is 6. The highest BCUT2D eigenvalue weighted by molar-refractivity contribution is 7.85. The summed E-state index contributed by atoms with van der Waals surface area (Å²) >= 11 is 27.3. The second kappa shape index (κ2) is 8.02. The third kappa shape index (κ3) is 3.69. The van der Waals surface area contributed by atoms with Crippen molar-refractivity contribution in [3.63, 3.8) is 0 Å². The molecule has 0 spiro atoms. The van der Waals surface area contributed by atoms with Gasteiger partial charge in [0.1, 0.15) is 0 Å². The van der Waals surface area contributed by atoms with Gasteiger partial charge in [-0.15, -0.1) is 75.8 Å². The van der Waals surface area contributed by atoms with E-state index in [4.69, 9.17) is 0 Å². The molecule has 3 rings (SSSR count). The monoisotopic (exact) mass is 450 g/mol. The second-order valence-corrected chi connectivity index (χ2v) is 9.04. The number of benzene rings is 3. The van der Waals surface area contributed by atoms with Crippen LogP contribution in [0, 0.1) is 0 Å². The second-order valence-electron chi connectivity index (χ2n) is 6.22. The Bertz CT molecular complexity index is 862. The molecule has 3 aromatic carbocycles. The maximum Gasteiger partial charge on any atom is 0.0424 e. The topological polar surface area (TPSA) is 0 Å². The fraction of sp³-hybridized carbons (Fsp3) is 0.100. The first-order valence-corrected chi connectivity index (χ1v) is 10.5. The Morgan fingerprint density at radius 3 is 1.23 bits per heavy atom. The largest absolute Gasteiger partial charge is 0.142 e. The first kappa shape index (κ1) is 20.5. The fourth-order valence-corrected chi connectivity index (χ4v) is 4.53. The van der Waals surface area contributed by atoms with Gasteiger partial charge in [-0.3, -0.25) is 0 Å². The quantitative estimate of drug-likeness (QED) is 0.184.